The normalized spacial score (nSPS) is 13.0. The van der Waals surface area contributed by atoms with Crippen LogP contribution in [0.3, 0.4) is 0 Å². The summed E-state index contributed by atoms with van der Waals surface area (Å²) in [6, 6.07) is 0. The topological polar surface area (TPSA) is 127 Å². The fourth-order valence-electron chi connectivity index (χ4n) is 4.03. The highest BCUT2D eigenvalue weighted by atomic mass is 16.5. The average molecular weight is 524 g/mol. The van der Waals surface area contributed by atoms with Gasteiger partial charge in [-0.1, -0.05) is 51.4 Å². The van der Waals surface area contributed by atoms with E-state index in [1.165, 1.54) is 37.8 Å². The number of carbonyl (C=O) groups excluding carboxylic acids is 4. The summed E-state index contributed by atoms with van der Waals surface area (Å²) in [5, 5.41) is 8.59. The van der Waals surface area contributed by atoms with Gasteiger partial charge in [-0.15, -0.1) is 0 Å². The van der Waals surface area contributed by atoms with Gasteiger partial charge in [-0.2, -0.15) is 0 Å². The lowest BCUT2D eigenvalue weighted by atomic mass is 10.0. The molecule has 0 atom stereocenters. The first-order valence-electron chi connectivity index (χ1n) is 13.8. The highest BCUT2D eigenvalue weighted by Gasteiger charge is 2.23. The molecule has 0 bridgehead atoms. The molecule has 0 radical (unpaired) electrons. The van der Waals surface area contributed by atoms with E-state index < -0.39 is 5.97 Å². The first kappa shape index (κ1) is 32.6. The molecule has 0 spiro atoms. The molecule has 0 aromatic heterocycles. The van der Waals surface area contributed by atoms with Gasteiger partial charge < -0.3 is 14.6 Å². The van der Waals surface area contributed by atoms with Gasteiger partial charge >= 0.3 is 5.97 Å². The van der Waals surface area contributed by atoms with Crippen LogP contribution in [0.25, 0.3) is 0 Å². The Bertz CT molecular complexity index is 716. The van der Waals surface area contributed by atoms with Gasteiger partial charge in [0.1, 0.15) is 11.6 Å². The number of carboxylic acids is 1. The van der Waals surface area contributed by atoms with Crippen molar-refractivity contribution in [3.8, 4) is 0 Å². The molecule has 0 aliphatic carbocycles. The first-order valence-corrected chi connectivity index (χ1v) is 13.8. The molecule has 37 heavy (non-hydrogen) atoms. The van der Waals surface area contributed by atoms with Gasteiger partial charge in [0.05, 0.1) is 19.8 Å². The maximum atomic E-state index is 11.9. The molecule has 1 aliphatic rings. The van der Waals surface area contributed by atoms with Crippen LogP contribution in [0.1, 0.15) is 103 Å². The lowest BCUT2D eigenvalue weighted by Gasteiger charge is -2.12. The third-order valence-corrected chi connectivity index (χ3v) is 6.25. The van der Waals surface area contributed by atoms with Gasteiger partial charge in [0, 0.05) is 57.4 Å². The highest BCUT2D eigenvalue weighted by molar-refractivity contribution is 6.13. The van der Waals surface area contributed by atoms with Crippen molar-refractivity contribution in [3.05, 3.63) is 12.2 Å². The molecule has 0 saturated carbocycles. The Hall–Kier alpha value is -2.39. The van der Waals surface area contributed by atoms with Crippen molar-refractivity contribution in [2.24, 2.45) is 0 Å². The Morgan fingerprint density at radius 2 is 1.03 bits per heavy atom. The van der Waals surface area contributed by atoms with E-state index in [4.69, 9.17) is 14.6 Å². The summed E-state index contributed by atoms with van der Waals surface area (Å²) in [5.41, 5.74) is 0. The lowest BCUT2D eigenvalue weighted by molar-refractivity contribution is -0.138. The van der Waals surface area contributed by atoms with Crippen molar-refractivity contribution in [2.75, 3.05) is 33.0 Å². The zero-order valence-corrected chi connectivity index (χ0v) is 22.3. The van der Waals surface area contributed by atoms with Crippen molar-refractivity contribution in [2.45, 2.75) is 103 Å². The second-order valence-corrected chi connectivity index (χ2v) is 9.50. The SMILES string of the molecule is O=C(O)CCCCCCCCCCCCC(=O)CCOCCOCCCC(=O)CCN1C(=O)C=CC1=O. The number of carbonyl (C=O) groups is 5. The minimum atomic E-state index is -0.708. The molecule has 0 fully saturated rings. The number of hydrogen-bond donors (Lipinski definition) is 1. The van der Waals surface area contributed by atoms with Gasteiger partial charge in [0.15, 0.2) is 0 Å². The molecule has 1 N–H and O–H groups in total. The van der Waals surface area contributed by atoms with Crippen LogP contribution in [-0.4, -0.2) is 72.3 Å². The van der Waals surface area contributed by atoms with E-state index in [2.05, 4.69) is 0 Å². The van der Waals surface area contributed by atoms with Crippen molar-refractivity contribution in [1.82, 2.24) is 4.90 Å². The van der Waals surface area contributed by atoms with E-state index in [0.29, 0.717) is 52.1 Å². The van der Waals surface area contributed by atoms with Crippen molar-refractivity contribution >= 4 is 29.4 Å². The maximum Gasteiger partial charge on any atom is 0.303 e. The van der Waals surface area contributed by atoms with Gasteiger partial charge in [-0.3, -0.25) is 28.9 Å². The van der Waals surface area contributed by atoms with Crippen LogP contribution in [0.5, 0.6) is 0 Å². The van der Waals surface area contributed by atoms with E-state index in [0.717, 1.165) is 43.4 Å². The summed E-state index contributed by atoms with van der Waals surface area (Å²) >= 11 is 0. The molecular weight excluding hydrogens is 478 g/mol. The van der Waals surface area contributed by atoms with Crippen LogP contribution in [0.2, 0.25) is 0 Å². The number of carboxylic acid groups (broad SMARTS) is 1. The van der Waals surface area contributed by atoms with Gasteiger partial charge in [-0.05, 0) is 19.3 Å². The Kier molecular flexibility index (Phi) is 19.1. The molecule has 0 aromatic rings. The first-order chi connectivity index (χ1) is 17.9. The Morgan fingerprint density at radius 1 is 0.568 bits per heavy atom. The molecule has 2 amide bonds. The summed E-state index contributed by atoms with van der Waals surface area (Å²) in [7, 11) is 0. The molecule has 1 rings (SSSR count). The number of aliphatic carboxylic acids is 1. The molecular formula is C28H45NO8. The van der Waals surface area contributed by atoms with Crippen molar-refractivity contribution < 1.29 is 38.6 Å². The summed E-state index contributed by atoms with van der Waals surface area (Å²) in [5.74, 6) is -1.23. The van der Waals surface area contributed by atoms with E-state index in [9.17, 15) is 24.0 Å². The second kappa shape index (κ2) is 21.7. The number of rotatable bonds is 26. The van der Waals surface area contributed by atoms with Crippen LogP contribution in [-0.2, 0) is 33.4 Å². The van der Waals surface area contributed by atoms with E-state index in [-0.39, 0.29) is 42.8 Å². The number of ketones is 2. The van der Waals surface area contributed by atoms with Crippen molar-refractivity contribution in [1.29, 1.82) is 0 Å². The van der Waals surface area contributed by atoms with E-state index >= 15 is 0 Å². The Labute approximate surface area is 220 Å². The Morgan fingerprint density at radius 3 is 1.59 bits per heavy atom. The number of hydrogen-bond acceptors (Lipinski definition) is 7. The highest BCUT2D eigenvalue weighted by Crippen LogP contribution is 2.12. The monoisotopic (exact) mass is 523 g/mol. The molecule has 9 heteroatoms. The van der Waals surface area contributed by atoms with Crippen LogP contribution in [0, 0.1) is 0 Å². The smallest absolute Gasteiger partial charge is 0.303 e. The zero-order chi connectivity index (χ0) is 27.1. The van der Waals surface area contributed by atoms with E-state index in [1.54, 1.807) is 0 Å². The second-order valence-electron chi connectivity index (χ2n) is 9.50. The molecule has 9 nitrogen and oxygen atoms in total. The molecule has 0 saturated heterocycles. The molecule has 0 unspecified atom stereocenters. The maximum absolute atomic E-state index is 11.9. The summed E-state index contributed by atoms with van der Waals surface area (Å²) < 4.78 is 10.9. The summed E-state index contributed by atoms with van der Waals surface area (Å²) in [4.78, 5) is 58.2. The fraction of sp³-hybridized carbons (Fsp3) is 0.750. The molecule has 1 heterocycles. The van der Waals surface area contributed by atoms with Gasteiger partial charge in [0.2, 0.25) is 0 Å². The van der Waals surface area contributed by atoms with Crippen LogP contribution in [0.15, 0.2) is 12.2 Å². The van der Waals surface area contributed by atoms with Crippen LogP contribution < -0.4 is 0 Å². The third kappa shape index (κ3) is 18.5. The average Bonchev–Trinajstić information content (AvgIpc) is 3.18. The predicted molar refractivity (Wildman–Crippen MR) is 139 cm³/mol. The summed E-state index contributed by atoms with van der Waals surface area (Å²) in [6.07, 6.45) is 15.6. The molecule has 0 aromatic carbocycles. The number of ether oxygens (including phenoxy) is 2. The molecule has 210 valence electrons. The number of nitrogens with zero attached hydrogens (tertiary/aromatic N) is 1. The Balaban J connectivity index is 1.78. The fourth-order valence-corrected chi connectivity index (χ4v) is 4.03. The zero-order valence-electron chi connectivity index (χ0n) is 22.3. The predicted octanol–water partition coefficient (Wildman–Crippen LogP) is 4.41. The van der Waals surface area contributed by atoms with E-state index in [1.807, 2.05) is 0 Å². The largest absolute Gasteiger partial charge is 0.481 e. The minimum Gasteiger partial charge on any atom is -0.481 e. The quantitative estimate of drug-likeness (QED) is 0.130. The van der Waals surface area contributed by atoms with Crippen LogP contribution >= 0.6 is 0 Å². The standard InChI is InChI=1S/C28H45NO8/c30-24(17-19-29-26(32)15-16-27(29)33)13-11-20-36-22-23-37-21-18-25(31)12-9-7-5-3-1-2-4-6-8-10-14-28(34)35/h15-16H,1-14,17-23H2,(H,34,35). The number of imide groups is 1. The third-order valence-electron chi connectivity index (χ3n) is 6.25. The lowest BCUT2D eigenvalue weighted by Crippen LogP contribution is -2.32. The number of Topliss-reactive ketones (excluding diaryl/α,β-unsaturated/α-hetero) is 2. The van der Waals surface area contributed by atoms with Crippen molar-refractivity contribution in [3.63, 3.8) is 0 Å². The van der Waals surface area contributed by atoms with Gasteiger partial charge in [-0.25, -0.2) is 0 Å². The van der Waals surface area contributed by atoms with Gasteiger partial charge in [0.25, 0.3) is 11.8 Å². The minimum absolute atomic E-state index is 0.00686. The molecule has 1 aliphatic heterocycles. The summed E-state index contributed by atoms with van der Waals surface area (Å²) in [6.45, 7) is 1.77. The number of amides is 2. The number of unbranched alkanes of at least 4 members (excludes halogenated alkanes) is 9. The van der Waals surface area contributed by atoms with Crippen LogP contribution in [0.4, 0.5) is 0 Å².